The summed E-state index contributed by atoms with van der Waals surface area (Å²) < 4.78 is 11.5. The van der Waals surface area contributed by atoms with Crippen LogP contribution in [0.25, 0.3) is 28.6 Å². The Kier molecular flexibility index (Phi) is 10.5. The highest BCUT2D eigenvalue weighted by molar-refractivity contribution is 8.00. The maximum atomic E-state index is 13.5. The van der Waals surface area contributed by atoms with Crippen LogP contribution in [0.2, 0.25) is 0 Å². The lowest BCUT2D eigenvalue weighted by Crippen LogP contribution is -2.30. The van der Waals surface area contributed by atoms with E-state index in [0.717, 1.165) is 21.6 Å². The number of aromatic nitrogens is 1. The van der Waals surface area contributed by atoms with E-state index in [1.807, 2.05) is 91.9 Å². The first-order chi connectivity index (χ1) is 23.9. The van der Waals surface area contributed by atoms with Crippen LogP contribution < -0.4 is 20.7 Å². The van der Waals surface area contributed by atoms with Gasteiger partial charge < -0.3 is 25.1 Å². The zero-order valence-electron chi connectivity index (χ0n) is 26.5. The van der Waals surface area contributed by atoms with E-state index < -0.39 is 11.8 Å². The monoisotopic (exact) mass is 668 g/mol. The maximum absolute atomic E-state index is 13.5. The van der Waals surface area contributed by atoms with Crippen LogP contribution in [0.3, 0.4) is 0 Å². The van der Waals surface area contributed by atoms with Gasteiger partial charge in [0, 0.05) is 33.0 Å². The number of fused-ring (bicyclic) bond motifs is 1. The highest BCUT2D eigenvalue weighted by atomic mass is 32.2. The summed E-state index contributed by atoms with van der Waals surface area (Å²) in [7, 11) is 0. The van der Waals surface area contributed by atoms with Crippen molar-refractivity contribution in [3.63, 3.8) is 0 Å². The number of anilines is 2. The van der Waals surface area contributed by atoms with E-state index in [1.54, 1.807) is 48.5 Å². The summed E-state index contributed by atoms with van der Waals surface area (Å²) in [5.74, 6) is 0.221. The van der Waals surface area contributed by atoms with Gasteiger partial charge in [0.2, 0.25) is 11.8 Å². The van der Waals surface area contributed by atoms with Gasteiger partial charge in [-0.1, -0.05) is 48.5 Å². The van der Waals surface area contributed by atoms with E-state index in [4.69, 9.17) is 9.15 Å². The Labute approximate surface area is 287 Å². The third kappa shape index (κ3) is 8.62. The van der Waals surface area contributed by atoms with Crippen LogP contribution in [0.15, 0.2) is 142 Å². The van der Waals surface area contributed by atoms with Crippen molar-refractivity contribution in [1.29, 1.82) is 0 Å². The number of thioether (sulfide) groups is 1. The Morgan fingerprint density at radius 3 is 2.20 bits per heavy atom. The predicted molar refractivity (Wildman–Crippen MR) is 193 cm³/mol. The van der Waals surface area contributed by atoms with Crippen LogP contribution in [-0.4, -0.2) is 35.1 Å². The summed E-state index contributed by atoms with van der Waals surface area (Å²) in [5.41, 5.74) is 4.62. The number of para-hydroxylation sites is 3. The molecule has 0 atom stereocenters. The molecule has 0 fully saturated rings. The van der Waals surface area contributed by atoms with Crippen molar-refractivity contribution in [1.82, 2.24) is 10.3 Å². The number of amides is 3. The first-order valence-corrected chi connectivity index (χ1v) is 16.5. The lowest BCUT2D eigenvalue weighted by molar-refractivity contribution is -0.114. The van der Waals surface area contributed by atoms with Crippen LogP contribution in [0, 0.1) is 0 Å². The Hall–Kier alpha value is -6.13. The average molecular weight is 669 g/mol. The smallest absolute Gasteiger partial charge is 0.272 e. The molecule has 0 spiro atoms. The fourth-order valence-corrected chi connectivity index (χ4v) is 5.55. The van der Waals surface area contributed by atoms with Gasteiger partial charge in [0.15, 0.2) is 5.58 Å². The fraction of sp³-hybridized carbons (Fsp3) is 0.0769. The molecule has 1 heterocycles. The van der Waals surface area contributed by atoms with Crippen molar-refractivity contribution < 1.29 is 23.5 Å². The highest BCUT2D eigenvalue weighted by Gasteiger charge is 2.16. The molecule has 0 aliphatic rings. The Bertz CT molecular complexity index is 2080. The number of hydrogen-bond acceptors (Lipinski definition) is 7. The molecule has 3 N–H and O–H groups in total. The van der Waals surface area contributed by atoms with E-state index in [-0.39, 0.29) is 17.4 Å². The van der Waals surface area contributed by atoms with Crippen molar-refractivity contribution in [3.8, 4) is 17.2 Å². The summed E-state index contributed by atoms with van der Waals surface area (Å²) in [5, 5.41) is 8.52. The van der Waals surface area contributed by atoms with E-state index in [2.05, 4.69) is 20.9 Å². The van der Waals surface area contributed by atoms with Crippen molar-refractivity contribution in [2.24, 2.45) is 0 Å². The van der Waals surface area contributed by atoms with Crippen LogP contribution >= 0.6 is 11.8 Å². The third-order valence-electron chi connectivity index (χ3n) is 7.24. The number of ether oxygens (including phenoxy) is 1. The zero-order chi connectivity index (χ0) is 34.0. The Balaban J connectivity index is 1.06. The van der Waals surface area contributed by atoms with Crippen molar-refractivity contribution in [2.75, 3.05) is 23.0 Å². The molecule has 0 unspecified atom stereocenters. The van der Waals surface area contributed by atoms with Crippen molar-refractivity contribution >= 4 is 58.0 Å². The minimum absolute atomic E-state index is 0.0537. The molecule has 49 heavy (non-hydrogen) atoms. The summed E-state index contributed by atoms with van der Waals surface area (Å²) in [6.07, 6.45) is 1.59. The van der Waals surface area contributed by atoms with Crippen LogP contribution in [0.4, 0.5) is 11.4 Å². The number of hydrogen-bond donors (Lipinski definition) is 3. The highest BCUT2D eigenvalue weighted by Crippen LogP contribution is 2.26. The molecule has 5 aromatic carbocycles. The molecule has 0 aliphatic heterocycles. The van der Waals surface area contributed by atoms with E-state index in [1.165, 1.54) is 11.8 Å². The van der Waals surface area contributed by atoms with Gasteiger partial charge in [0.05, 0.1) is 12.4 Å². The number of benzene rings is 5. The number of nitrogens with zero attached hydrogens (tertiary/aromatic N) is 1. The second-order valence-corrected chi connectivity index (χ2v) is 11.8. The summed E-state index contributed by atoms with van der Waals surface area (Å²) in [6, 6.07) is 38.0. The lowest BCUT2D eigenvalue weighted by Gasteiger charge is -2.13. The molecule has 0 saturated heterocycles. The van der Waals surface area contributed by atoms with E-state index >= 15 is 0 Å². The molecule has 0 radical (unpaired) electrons. The van der Waals surface area contributed by atoms with Gasteiger partial charge >= 0.3 is 0 Å². The molecule has 9 nitrogen and oxygen atoms in total. The topological polar surface area (TPSA) is 123 Å². The number of rotatable bonds is 12. The summed E-state index contributed by atoms with van der Waals surface area (Å²) >= 11 is 1.37. The summed E-state index contributed by atoms with van der Waals surface area (Å²) in [6.45, 7) is 2.32. The quantitative estimate of drug-likeness (QED) is 0.0891. The SMILES string of the molecule is CCOc1ccccc1/C=C(\NC(=O)c1ccccc1)C(=O)Nc1ccc(SCC(=O)Nc2ccc(-c3nc4ccccc4o3)cc2)cc1. The zero-order valence-corrected chi connectivity index (χ0v) is 27.3. The Morgan fingerprint density at radius 1 is 0.776 bits per heavy atom. The number of carbonyl (C=O) groups excluding carboxylic acids is 3. The van der Waals surface area contributed by atoms with Gasteiger partial charge in [0.25, 0.3) is 11.8 Å². The van der Waals surface area contributed by atoms with E-state index in [9.17, 15) is 14.4 Å². The van der Waals surface area contributed by atoms with Gasteiger partial charge in [-0.3, -0.25) is 14.4 Å². The number of nitrogens with one attached hydrogen (secondary N) is 3. The normalized spacial score (nSPS) is 11.2. The van der Waals surface area contributed by atoms with Crippen LogP contribution in [0.5, 0.6) is 5.75 Å². The van der Waals surface area contributed by atoms with Crippen molar-refractivity contribution in [3.05, 3.63) is 144 Å². The molecule has 244 valence electrons. The molecule has 0 saturated carbocycles. The fourth-order valence-electron chi connectivity index (χ4n) is 4.86. The first-order valence-electron chi connectivity index (χ1n) is 15.5. The minimum Gasteiger partial charge on any atom is -0.493 e. The van der Waals surface area contributed by atoms with Crippen molar-refractivity contribution in [2.45, 2.75) is 11.8 Å². The standard InChI is InChI=1S/C39H32N4O5S/c1-2-47-34-14-8-6-12-28(34)24-33(42-37(45)26-10-4-3-5-11-26)38(46)41-30-20-22-31(23-21-30)49-25-36(44)40-29-18-16-27(17-19-29)39-43-32-13-7-9-15-35(32)48-39/h3-24H,2,25H2,1H3,(H,40,44)(H,41,46)(H,42,45)/b33-24-. The molecule has 6 aromatic rings. The number of carbonyl (C=O) groups is 3. The number of oxazole rings is 1. The minimum atomic E-state index is -0.502. The largest absolute Gasteiger partial charge is 0.493 e. The molecule has 3 amide bonds. The molecule has 1 aromatic heterocycles. The van der Waals surface area contributed by atoms with Crippen LogP contribution in [-0.2, 0) is 9.59 Å². The van der Waals surface area contributed by atoms with Gasteiger partial charge in [-0.2, -0.15) is 0 Å². The molecule has 0 aliphatic carbocycles. The molecular formula is C39H32N4O5S. The van der Waals surface area contributed by atoms with E-state index in [0.29, 0.717) is 40.7 Å². The van der Waals surface area contributed by atoms with Gasteiger partial charge in [0.1, 0.15) is 17.0 Å². The van der Waals surface area contributed by atoms with Gasteiger partial charge in [-0.05, 0) is 91.9 Å². The maximum Gasteiger partial charge on any atom is 0.272 e. The summed E-state index contributed by atoms with van der Waals surface area (Å²) in [4.78, 5) is 44.5. The predicted octanol–water partition coefficient (Wildman–Crippen LogP) is 8.03. The molecule has 6 rings (SSSR count). The molecule has 0 bridgehead atoms. The molecule has 10 heteroatoms. The average Bonchev–Trinajstić information content (AvgIpc) is 3.57. The van der Waals surface area contributed by atoms with Gasteiger partial charge in [-0.25, -0.2) is 4.98 Å². The first kappa shape index (κ1) is 32.8. The lowest BCUT2D eigenvalue weighted by atomic mass is 10.1. The van der Waals surface area contributed by atoms with Crippen LogP contribution in [0.1, 0.15) is 22.8 Å². The van der Waals surface area contributed by atoms with Gasteiger partial charge in [-0.15, -0.1) is 11.8 Å². The Morgan fingerprint density at radius 2 is 1.45 bits per heavy atom. The second-order valence-electron chi connectivity index (χ2n) is 10.7. The second kappa shape index (κ2) is 15.6. The third-order valence-corrected chi connectivity index (χ3v) is 8.25. The molecular weight excluding hydrogens is 637 g/mol.